The number of aromatic nitrogens is 1. The van der Waals surface area contributed by atoms with E-state index in [0.29, 0.717) is 42.6 Å². The second-order valence-corrected chi connectivity index (χ2v) is 6.71. The van der Waals surface area contributed by atoms with Gasteiger partial charge in [-0.15, -0.1) is 0 Å². The zero-order chi connectivity index (χ0) is 19.6. The zero-order valence-electron chi connectivity index (χ0n) is 15.9. The number of rotatable bonds is 10. The van der Waals surface area contributed by atoms with Gasteiger partial charge in [0.15, 0.2) is 0 Å². The first-order valence-electron chi connectivity index (χ1n) is 8.88. The van der Waals surface area contributed by atoms with Crippen LogP contribution in [0.25, 0.3) is 0 Å². The lowest BCUT2D eigenvalue weighted by Gasteiger charge is -2.26. The maximum Gasteiger partial charge on any atom is 0.254 e. The minimum absolute atomic E-state index is 0.0561. The standard InChI is InChI=1S/C20H26ClN3O3/c1-15(2)24(9-11-26-3)20(25)16-12-17(21)14-19(13-16)27-10-8-23-18-4-6-22-7-5-18/h4-7,12-15H,8-11H2,1-3H3,(H,22,23). The number of carbonyl (C=O) groups excluding carboxylic acids is 1. The number of nitrogens with one attached hydrogen (secondary N) is 1. The molecule has 0 saturated carbocycles. The van der Waals surface area contributed by atoms with E-state index in [1.165, 1.54) is 0 Å². The van der Waals surface area contributed by atoms with Gasteiger partial charge in [0, 0.05) is 54.9 Å². The van der Waals surface area contributed by atoms with Crippen molar-refractivity contribution in [1.82, 2.24) is 9.88 Å². The lowest BCUT2D eigenvalue weighted by molar-refractivity contribution is 0.0634. The number of ether oxygens (including phenoxy) is 2. The highest BCUT2D eigenvalue weighted by Crippen LogP contribution is 2.23. The monoisotopic (exact) mass is 391 g/mol. The van der Waals surface area contributed by atoms with Crippen molar-refractivity contribution in [2.24, 2.45) is 0 Å². The number of carbonyl (C=O) groups is 1. The lowest BCUT2D eigenvalue weighted by Crippen LogP contribution is -2.39. The Bertz CT molecular complexity index is 726. The van der Waals surface area contributed by atoms with Crippen LogP contribution in [0.2, 0.25) is 5.02 Å². The van der Waals surface area contributed by atoms with Gasteiger partial charge >= 0.3 is 0 Å². The number of hydrogen-bond acceptors (Lipinski definition) is 5. The second-order valence-electron chi connectivity index (χ2n) is 6.27. The average molecular weight is 392 g/mol. The van der Waals surface area contributed by atoms with Gasteiger partial charge in [-0.05, 0) is 44.2 Å². The van der Waals surface area contributed by atoms with Crippen LogP contribution in [0.1, 0.15) is 24.2 Å². The molecule has 0 aliphatic carbocycles. The molecule has 1 N–H and O–H groups in total. The second kappa shape index (κ2) is 10.7. The summed E-state index contributed by atoms with van der Waals surface area (Å²) in [5, 5.41) is 3.70. The van der Waals surface area contributed by atoms with Gasteiger partial charge in [0.1, 0.15) is 12.4 Å². The van der Waals surface area contributed by atoms with E-state index in [9.17, 15) is 4.79 Å². The molecule has 1 amide bonds. The van der Waals surface area contributed by atoms with Crippen LogP contribution in [0, 0.1) is 0 Å². The molecule has 7 heteroatoms. The van der Waals surface area contributed by atoms with Crippen molar-refractivity contribution in [1.29, 1.82) is 0 Å². The van der Waals surface area contributed by atoms with Crippen LogP contribution in [0.3, 0.4) is 0 Å². The highest BCUT2D eigenvalue weighted by Gasteiger charge is 2.19. The molecule has 0 aliphatic heterocycles. The summed E-state index contributed by atoms with van der Waals surface area (Å²) in [5.41, 5.74) is 1.48. The Morgan fingerprint density at radius 3 is 2.63 bits per heavy atom. The van der Waals surface area contributed by atoms with E-state index in [4.69, 9.17) is 21.1 Å². The van der Waals surface area contributed by atoms with E-state index < -0.39 is 0 Å². The summed E-state index contributed by atoms with van der Waals surface area (Å²) in [4.78, 5) is 18.6. The third-order valence-electron chi connectivity index (χ3n) is 3.92. The van der Waals surface area contributed by atoms with Gasteiger partial charge in [-0.1, -0.05) is 11.6 Å². The first-order chi connectivity index (χ1) is 13.0. The van der Waals surface area contributed by atoms with E-state index in [2.05, 4.69) is 10.3 Å². The third kappa shape index (κ3) is 6.73. The van der Waals surface area contributed by atoms with E-state index in [0.717, 1.165) is 5.69 Å². The summed E-state index contributed by atoms with van der Waals surface area (Å²) < 4.78 is 10.9. The third-order valence-corrected chi connectivity index (χ3v) is 4.14. The molecule has 0 fully saturated rings. The van der Waals surface area contributed by atoms with Gasteiger partial charge in [0.2, 0.25) is 0 Å². The Balaban J connectivity index is 1.98. The Kier molecular flexibility index (Phi) is 8.36. The predicted octanol–water partition coefficient (Wildman–Crippen LogP) is 3.72. The molecular formula is C20H26ClN3O3. The van der Waals surface area contributed by atoms with Gasteiger partial charge < -0.3 is 19.7 Å². The van der Waals surface area contributed by atoms with Gasteiger partial charge in [-0.25, -0.2) is 0 Å². The van der Waals surface area contributed by atoms with E-state index in [-0.39, 0.29) is 11.9 Å². The maximum atomic E-state index is 12.8. The molecule has 1 aromatic heterocycles. The summed E-state index contributed by atoms with van der Waals surface area (Å²) in [6.45, 7) is 6.00. The van der Waals surface area contributed by atoms with Crippen molar-refractivity contribution in [2.45, 2.75) is 19.9 Å². The van der Waals surface area contributed by atoms with E-state index in [1.807, 2.05) is 26.0 Å². The van der Waals surface area contributed by atoms with Crippen LogP contribution >= 0.6 is 11.6 Å². The fourth-order valence-electron chi connectivity index (χ4n) is 2.55. The summed E-state index contributed by atoms with van der Waals surface area (Å²) in [7, 11) is 1.62. The SMILES string of the molecule is COCCN(C(=O)c1cc(Cl)cc(OCCNc2ccncc2)c1)C(C)C. The predicted molar refractivity (Wildman–Crippen MR) is 108 cm³/mol. The fraction of sp³-hybridized carbons (Fsp3) is 0.400. The van der Waals surface area contributed by atoms with Gasteiger partial charge in [0.25, 0.3) is 5.91 Å². The molecule has 1 aromatic carbocycles. The summed E-state index contributed by atoms with van der Waals surface area (Å²) in [6, 6.07) is 8.92. The summed E-state index contributed by atoms with van der Waals surface area (Å²) in [6.07, 6.45) is 3.45. The molecule has 0 saturated heterocycles. The summed E-state index contributed by atoms with van der Waals surface area (Å²) >= 11 is 6.19. The zero-order valence-corrected chi connectivity index (χ0v) is 16.7. The molecule has 0 aliphatic rings. The molecular weight excluding hydrogens is 366 g/mol. The molecule has 0 radical (unpaired) electrons. The first-order valence-corrected chi connectivity index (χ1v) is 9.26. The van der Waals surface area contributed by atoms with Gasteiger partial charge in [-0.3, -0.25) is 9.78 Å². The number of halogens is 1. The molecule has 146 valence electrons. The molecule has 0 bridgehead atoms. The number of methoxy groups -OCH3 is 1. The maximum absolute atomic E-state index is 12.8. The number of anilines is 1. The van der Waals surface area contributed by atoms with Crippen molar-refractivity contribution in [3.63, 3.8) is 0 Å². The Morgan fingerprint density at radius 1 is 1.22 bits per heavy atom. The number of benzene rings is 1. The normalized spacial score (nSPS) is 10.7. The largest absolute Gasteiger partial charge is 0.492 e. The van der Waals surface area contributed by atoms with Crippen molar-refractivity contribution in [3.8, 4) is 5.75 Å². The van der Waals surface area contributed by atoms with Crippen LogP contribution in [-0.4, -0.2) is 55.2 Å². The molecule has 0 unspecified atom stereocenters. The smallest absolute Gasteiger partial charge is 0.254 e. The van der Waals surface area contributed by atoms with Crippen LogP contribution in [-0.2, 0) is 4.74 Å². The Morgan fingerprint density at radius 2 is 1.96 bits per heavy atom. The minimum atomic E-state index is -0.0932. The molecule has 2 aromatic rings. The highest BCUT2D eigenvalue weighted by atomic mass is 35.5. The molecule has 0 atom stereocenters. The summed E-state index contributed by atoms with van der Waals surface area (Å²) in [5.74, 6) is 0.474. The molecule has 2 rings (SSSR count). The van der Waals surface area contributed by atoms with Crippen LogP contribution < -0.4 is 10.1 Å². The van der Waals surface area contributed by atoms with Gasteiger partial charge in [0.05, 0.1) is 6.61 Å². The van der Waals surface area contributed by atoms with Crippen molar-refractivity contribution in [2.75, 3.05) is 38.7 Å². The van der Waals surface area contributed by atoms with Crippen molar-refractivity contribution >= 4 is 23.2 Å². The Hall–Kier alpha value is -2.31. The molecule has 0 spiro atoms. The number of nitrogens with zero attached hydrogens (tertiary/aromatic N) is 2. The van der Waals surface area contributed by atoms with Crippen LogP contribution in [0.4, 0.5) is 5.69 Å². The highest BCUT2D eigenvalue weighted by molar-refractivity contribution is 6.31. The van der Waals surface area contributed by atoms with Gasteiger partial charge in [-0.2, -0.15) is 0 Å². The average Bonchev–Trinajstić information content (AvgIpc) is 2.65. The number of hydrogen-bond donors (Lipinski definition) is 1. The topological polar surface area (TPSA) is 63.7 Å². The lowest BCUT2D eigenvalue weighted by atomic mass is 10.1. The first kappa shape index (κ1) is 21.0. The van der Waals surface area contributed by atoms with E-state index in [1.54, 1.807) is 42.6 Å². The molecule has 27 heavy (non-hydrogen) atoms. The minimum Gasteiger partial charge on any atom is -0.492 e. The molecule has 6 nitrogen and oxygen atoms in total. The quantitative estimate of drug-likeness (QED) is 0.625. The van der Waals surface area contributed by atoms with Crippen LogP contribution in [0.15, 0.2) is 42.7 Å². The molecule has 1 heterocycles. The van der Waals surface area contributed by atoms with Crippen LogP contribution in [0.5, 0.6) is 5.75 Å². The van der Waals surface area contributed by atoms with Crippen molar-refractivity contribution in [3.05, 3.63) is 53.3 Å². The fourth-order valence-corrected chi connectivity index (χ4v) is 2.78. The Labute approximate surface area is 165 Å². The van der Waals surface area contributed by atoms with Crippen molar-refractivity contribution < 1.29 is 14.3 Å². The van der Waals surface area contributed by atoms with E-state index >= 15 is 0 Å². The number of amides is 1. The number of pyridine rings is 1.